The number of thioether (sulfide) groups is 1. The van der Waals surface area contributed by atoms with Crippen molar-refractivity contribution >= 4 is 28.9 Å². The minimum Gasteiger partial charge on any atom is -0.457 e. The first-order chi connectivity index (χ1) is 21.5. The summed E-state index contributed by atoms with van der Waals surface area (Å²) in [7, 11) is 0. The number of hydrogen-bond acceptors (Lipinski definition) is 7. The summed E-state index contributed by atoms with van der Waals surface area (Å²) in [6, 6.07) is 6.86. The molecule has 3 fully saturated rings. The SMILES string of the molecule is C#CCSC(=O)[C@@]1(OC(=O)c2ccco2)CC[C@H]2[C@@H]3CCC4=Cc5c(cnn5-c5ccc(F)c(F)c5)C[C@]4(C)[C@H]3[C@@H](O)C[C@@]21C. The summed E-state index contributed by atoms with van der Waals surface area (Å²) >= 11 is 0.981. The maximum absolute atomic E-state index is 14.1. The highest BCUT2D eigenvalue weighted by Gasteiger charge is 2.70. The van der Waals surface area contributed by atoms with Crippen LogP contribution >= 0.6 is 11.8 Å². The van der Waals surface area contributed by atoms with Crippen LogP contribution in [0.2, 0.25) is 0 Å². The van der Waals surface area contributed by atoms with E-state index >= 15 is 0 Å². The number of allylic oxidation sites excluding steroid dienone is 1. The molecule has 1 N–H and O–H groups in total. The zero-order valence-electron chi connectivity index (χ0n) is 25.1. The fourth-order valence-electron chi connectivity index (χ4n) is 9.37. The standard InChI is InChI=1S/C35H34F2N2O5S/c1-4-14-45-32(42)35(44-31(41)29-6-5-13-43-29)12-11-24-23-9-7-21-15-27-20(17-33(21,2)30(23)28(40)18-34(24,35)3)19-38-39(27)22-8-10-25(36)26(37)16-22/h1,5-6,8,10,13,15-16,19,23-24,28,30,40H,7,9,11-12,14,17-18H2,2-3H3/t23-,24-,28-,30+,33-,34-,35-/m0/s1. The number of esters is 1. The molecule has 3 saturated carbocycles. The van der Waals surface area contributed by atoms with Gasteiger partial charge in [-0.1, -0.05) is 37.1 Å². The summed E-state index contributed by atoms with van der Waals surface area (Å²) in [6.07, 6.45) is 13.5. The van der Waals surface area contributed by atoms with E-state index in [4.69, 9.17) is 15.6 Å². The van der Waals surface area contributed by atoms with Gasteiger partial charge in [-0.05, 0) is 97.6 Å². The molecule has 7 rings (SSSR count). The quantitative estimate of drug-likeness (QED) is 0.258. The van der Waals surface area contributed by atoms with E-state index in [-0.39, 0.29) is 46.2 Å². The van der Waals surface area contributed by atoms with Crippen molar-refractivity contribution in [3.8, 4) is 18.0 Å². The maximum atomic E-state index is 14.1. The van der Waals surface area contributed by atoms with Crippen LogP contribution in [0.4, 0.5) is 8.78 Å². The van der Waals surface area contributed by atoms with E-state index in [0.717, 1.165) is 48.0 Å². The van der Waals surface area contributed by atoms with E-state index < -0.39 is 34.7 Å². The van der Waals surface area contributed by atoms with Crippen molar-refractivity contribution in [1.82, 2.24) is 9.78 Å². The van der Waals surface area contributed by atoms with E-state index in [2.05, 4.69) is 24.0 Å². The molecule has 7 nitrogen and oxygen atoms in total. The lowest BCUT2D eigenvalue weighted by Gasteiger charge is -2.60. The molecule has 4 aliphatic carbocycles. The molecule has 0 aliphatic heterocycles. The van der Waals surface area contributed by atoms with Gasteiger partial charge in [-0.15, -0.1) is 6.42 Å². The number of aliphatic hydroxyl groups is 1. The van der Waals surface area contributed by atoms with Crippen LogP contribution in [0.1, 0.15) is 67.8 Å². The Kier molecular flexibility index (Phi) is 7.13. The number of benzene rings is 1. The summed E-state index contributed by atoms with van der Waals surface area (Å²) < 4.78 is 40.9. The third-order valence-electron chi connectivity index (χ3n) is 11.3. The molecule has 4 aliphatic rings. The number of aliphatic hydroxyl groups excluding tert-OH is 1. The molecule has 45 heavy (non-hydrogen) atoms. The number of carbonyl (C=O) groups is 2. The van der Waals surface area contributed by atoms with E-state index in [1.165, 1.54) is 24.0 Å². The van der Waals surface area contributed by atoms with Gasteiger partial charge in [-0.2, -0.15) is 5.10 Å². The summed E-state index contributed by atoms with van der Waals surface area (Å²) in [4.78, 5) is 27.2. The van der Waals surface area contributed by atoms with Crippen molar-refractivity contribution in [2.75, 3.05) is 5.75 Å². The van der Waals surface area contributed by atoms with Crippen LogP contribution in [0, 0.1) is 52.6 Å². The topological polar surface area (TPSA) is 94.6 Å². The van der Waals surface area contributed by atoms with Crippen LogP contribution < -0.4 is 0 Å². The number of aromatic nitrogens is 2. The van der Waals surface area contributed by atoms with Gasteiger partial charge in [0.25, 0.3) is 0 Å². The van der Waals surface area contributed by atoms with Crippen molar-refractivity contribution in [3.05, 3.63) is 77.0 Å². The first-order valence-corrected chi connectivity index (χ1v) is 16.3. The average molecular weight is 633 g/mol. The molecule has 0 bridgehead atoms. The number of furan rings is 1. The van der Waals surface area contributed by atoms with Crippen LogP contribution in [-0.2, 0) is 16.0 Å². The number of fused-ring (bicyclic) bond motifs is 6. The van der Waals surface area contributed by atoms with Crippen molar-refractivity contribution in [1.29, 1.82) is 0 Å². The second kappa shape index (κ2) is 10.7. The van der Waals surface area contributed by atoms with Gasteiger partial charge in [0.1, 0.15) is 0 Å². The van der Waals surface area contributed by atoms with E-state index in [9.17, 15) is 23.5 Å². The predicted molar refractivity (Wildman–Crippen MR) is 164 cm³/mol. The highest BCUT2D eigenvalue weighted by atomic mass is 32.2. The maximum Gasteiger partial charge on any atom is 0.375 e. The average Bonchev–Trinajstić information content (AvgIpc) is 3.74. The molecule has 0 spiro atoms. The Morgan fingerprint density at radius 2 is 2.07 bits per heavy atom. The molecule has 0 saturated heterocycles. The van der Waals surface area contributed by atoms with Crippen LogP contribution in [-0.4, -0.2) is 43.4 Å². The third kappa shape index (κ3) is 4.38. The van der Waals surface area contributed by atoms with E-state index in [1.54, 1.807) is 16.9 Å². The van der Waals surface area contributed by atoms with Gasteiger partial charge < -0.3 is 14.3 Å². The minimum atomic E-state index is -1.46. The van der Waals surface area contributed by atoms with Gasteiger partial charge in [0.2, 0.25) is 10.9 Å². The van der Waals surface area contributed by atoms with Gasteiger partial charge in [-0.3, -0.25) is 4.79 Å². The number of ether oxygens (including phenoxy) is 1. The van der Waals surface area contributed by atoms with Crippen LogP contribution in [0.5, 0.6) is 0 Å². The molecule has 10 heteroatoms. The van der Waals surface area contributed by atoms with Crippen LogP contribution in [0.25, 0.3) is 11.8 Å². The molecule has 0 unspecified atom stereocenters. The number of terminal acetylenes is 1. The lowest BCUT2D eigenvalue weighted by Crippen LogP contribution is -2.62. The first-order valence-electron chi connectivity index (χ1n) is 15.3. The predicted octanol–water partition coefficient (Wildman–Crippen LogP) is 6.39. The van der Waals surface area contributed by atoms with Crippen LogP contribution in [0.15, 0.2) is 52.8 Å². The number of rotatable bonds is 5. The fourth-order valence-corrected chi connectivity index (χ4v) is 10.2. The Balaban J connectivity index is 1.23. The first kappa shape index (κ1) is 30.0. The zero-order chi connectivity index (χ0) is 31.7. The lowest BCUT2D eigenvalue weighted by molar-refractivity contribution is -0.175. The lowest BCUT2D eigenvalue weighted by atomic mass is 9.45. The summed E-state index contributed by atoms with van der Waals surface area (Å²) in [5.41, 5.74) is 0.788. The second-order valence-corrected chi connectivity index (χ2v) is 14.3. The smallest absolute Gasteiger partial charge is 0.375 e. The Bertz CT molecular complexity index is 1760. The monoisotopic (exact) mass is 632 g/mol. The molecule has 1 aromatic carbocycles. The molecule has 3 aromatic rings. The molecular formula is C35H34F2N2O5S. The highest BCUT2D eigenvalue weighted by molar-refractivity contribution is 8.14. The minimum absolute atomic E-state index is 0.0206. The van der Waals surface area contributed by atoms with E-state index in [0.29, 0.717) is 24.9 Å². The van der Waals surface area contributed by atoms with Crippen molar-refractivity contribution in [3.63, 3.8) is 0 Å². The fraction of sp³-hybridized carbons (Fsp3) is 0.457. The summed E-state index contributed by atoms with van der Waals surface area (Å²) in [5, 5.41) is 16.3. The molecule has 0 radical (unpaired) electrons. The largest absolute Gasteiger partial charge is 0.457 e. The van der Waals surface area contributed by atoms with Gasteiger partial charge in [0, 0.05) is 11.5 Å². The molecule has 234 valence electrons. The molecule has 2 aromatic heterocycles. The third-order valence-corrected chi connectivity index (χ3v) is 12.2. The molecule has 7 atom stereocenters. The van der Waals surface area contributed by atoms with E-state index in [1.807, 2.05) is 6.92 Å². The molecule has 0 amide bonds. The van der Waals surface area contributed by atoms with Gasteiger partial charge in [-0.25, -0.2) is 18.3 Å². The Morgan fingerprint density at radius 1 is 1.24 bits per heavy atom. The number of halogens is 2. The Morgan fingerprint density at radius 3 is 2.80 bits per heavy atom. The van der Waals surface area contributed by atoms with Crippen LogP contribution in [0.3, 0.4) is 0 Å². The van der Waals surface area contributed by atoms with Crippen molar-refractivity contribution < 1.29 is 32.6 Å². The van der Waals surface area contributed by atoms with Gasteiger partial charge in [0.15, 0.2) is 17.2 Å². The Hall–Kier alpha value is -3.68. The second-order valence-electron chi connectivity index (χ2n) is 13.4. The normalized spacial score (nSPS) is 33.2. The Labute approximate surface area is 264 Å². The molecule has 2 heterocycles. The number of nitrogens with zero attached hydrogens (tertiary/aromatic N) is 2. The molecular weight excluding hydrogens is 598 g/mol. The van der Waals surface area contributed by atoms with Crippen molar-refractivity contribution in [2.45, 2.75) is 64.1 Å². The number of hydrogen-bond donors (Lipinski definition) is 1. The number of carbonyl (C=O) groups excluding carboxylic acids is 2. The summed E-state index contributed by atoms with van der Waals surface area (Å²) in [6.45, 7) is 4.19. The zero-order valence-corrected chi connectivity index (χ0v) is 25.9. The van der Waals surface area contributed by atoms with Gasteiger partial charge >= 0.3 is 5.97 Å². The van der Waals surface area contributed by atoms with Crippen molar-refractivity contribution in [2.24, 2.45) is 28.6 Å². The van der Waals surface area contributed by atoms with Gasteiger partial charge in [0.05, 0.1) is 35.7 Å². The highest BCUT2D eigenvalue weighted by Crippen LogP contribution is 2.69. The summed E-state index contributed by atoms with van der Waals surface area (Å²) in [5.74, 6) is 0.142.